The van der Waals surface area contributed by atoms with Crippen molar-refractivity contribution in [3.05, 3.63) is 12.1 Å². The highest BCUT2D eigenvalue weighted by Crippen LogP contribution is 2.15. The lowest BCUT2D eigenvalue weighted by atomic mass is 9.43. The first kappa shape index (κ1) is 20.8. The summed E-state index contributed by atoms with van der Waals surface area (Å²) in [6.07, 6.45) is 23.5. The van der Waals surface area contributed by atoms with Crippen molar-refractivity contribution < 1.29 is 0 Å². The van der Waals surface area contributed by atoms with Crippen LogP contribution in [0.2, 0.25) is 12.6 Å². The zero-order valence-electron chi connectivity index (χ0n) is 15.3. The smallest absolute Gasteiger partial charge is 0.119 e. The molecule has 0 nitrogen and oxygen atoms in total. The maximum atomic E-state index is 2.56. The Balaban J connectivity index is 3.83. The van der Waals surface area contributed by atoms with Crippen molar-refractivity contribution in [3.63, 3.8) is 0 Å². The highest BCUT2D eigenvalue weighted by atomic mass is 13.9. The van der Waals surface area contributed by atoms with E-state index in [2.05, 4.69) is 32.8 Å². The SMILES string of the molecule is CCCCCC/C=C/B(CCCCCC)CCCCCC. The summed E-state index contributed by atoms with van der Waals surface area (Å²) in [6.45, 7) is 7.76. The Morgan fingerprint density at radius 3 is 1.52 bits per heavy atom. The third kappa shape index (κ3) is 16.0. The number of rotatable bonds is 16. The summed E-state index contributed by atoms with van der Waals surface area (Å²) in [5.74, 6) is 2.56. The van der Waals surface area contributed by atoms with E-state index in [0.717, 1.165) is 6.71 Å². The summed E-state index contributed by atoms with van der Waals surface area (Å²) in [5.41, 5.74) is 0. The average molecular weight is 292 g/mol. The van der Waals surface area contributed by atoms with E-state index < -0.39 is 0 Å². The molecular formula is C20H41B. The van der Waals surface area contributed by atoms with Crippen LogP contribution >= 0.6 is 0 Å². The van der Waals surface area contributed by atoms with Crippen molar-refractivity contribution >= 4 is 6.71 Å². The molecule has 0 saturated heterocycles. The number of hydrogen-bond acceptors (Lipinski definition) is 0. The van der Waals surface area contributed by atoms with Gasteiger partial charge in [-0.1, -0.05) is 110 Å². The normalized spacial score (nSPS) is 11.4. The Hall–Kier alpha value is -0.195. The third-order valence-electron chi connectivity index (χ3n) is 4.49. The first-order valence-electron chi connectivity index (χ1n) is 10.0. The van der Waals surface area contributed by atoms with Gasteiger partial charge in [-0.05, 0) is 12.8 Å². The van der Waals surface area contributed by atoms with Gasteiger partial charge in [0, 0.05) is 0 Å². The summed E-state index contributed by atoms with van der Waals surface area (Å²) in [4.78, 5) is 0. The fourth-order valence-corrected chi connectivity index (χ4v) is 2.98. The van der Waals surface area contributed by atoms with Crippen molar-refractivity contribution in [2.24, 2.45) is 0 Å². The molecule has 124 valence electrons. The average Bonchev–Trinajstić information content (AvgIpc) is 2.50. The van der Waals surface area contributed by atoms with Crippen LogP contribution < -0.4 is 0 Å². The Kier molecular flexibility index (Phi) is 17.7. The lowest BCUT2D eigenvalue weighted by Gasteiger charge is -2.09. The van der Waals surface area contributed by atoms with Crippen LogP contribution in [0.3, 0.4) is 0 Å². The van der Waals surface area contributed by atoms with Crippen LogP contribution in [0.25, 0.3) is 0 Å². The zero-order chi connectivity index (χ0) is 15.6. The van der Waals surface area contributed by atoms with Crippen molar-refractivity contribution in [1.29, 1.82) is 0 Å². The van der Waals surface area contributed by atoms with E-state index in [1.807, 2.05) is 0 Å². The molecule has 0 aromatic rings. The topological polar surface area (TPSA) is 0 Å². The molecule has 0 heterocycles. The van der Waals surface area contributed by atoms with Crippen LogP contribution in [-0.4, -0.2) is 6.71 Å². The molecule has 0 amide bonds. The Morgan fingerprint density at radius 2 is 1.05 bits per heavy atom. The molecule has 0 aliphatic heterocycles. The molecule has 0 fully saturated rings. The maximum absolute atomic E-state index is 2.56. The van der Waals surface area contributed by atoms with Gasteiger partial charge in [-0.25, -0.2) is 0 Å². The van der Waals surface area contributed by atoms with Gasteiger partial charge in [-0.2, -0.15) is 0 Å². The zero-order valence-corrected chi connectivity index (χ0v) is 15.3. The number of allylic oxidation sites excluding steroid dienone is 1. The highest BCUT2D eigenvalue weighted by molar-refractivity contribution is 6.64. The van der Waals surface area contributed by atoms with Crippen LogP contribution in [0, 0.1) is 0 Å². The van der Waals surface area contributed by atoms with E-state index in [1.54, 1.807) is 0 Å². The lowest BCUT2D eigenvalue weighted by Crippen LogP contribution is -2.09. The van der Waals surface area contributed by atoms with E-state index in [-0.39, 0.29) is 0 Å². The third-order valence-corrected chi connectivity index (χ3v) is 4.49. The summed E-state index contributed by atoms with van der Waals surface area (Å²) in [7, 11) is 0. The summed E-state index contributed by atoms with van der Waals surface area (Å²) < 4.78 is 0. The van der Waals surface area contributed by atoms with Crippen molar-refractivity contribution in [2.45, 2.75) is 117 Å². The predicted molar refractivity (Wildman–Crippen MR) is 102 cm³/mol. The second-order valence-corrected chi connectivity index (χ2v) is 6.74. The minimum Gasteiger partial charge on any atom is -0.119 e. The van der Waals surface area contributed by atoms with Gasteiger partial charge in [0.15, 0.2) is 6.71 Å². The lowest BCUT2D eigenvalue weighted by molar-refractivity contribution is 0.674. The van der Waals surface area contributed by atoms with E-state index in [9.17, 15) is 0 Å². The van der Waals surface area contributed by atoms with Gasteiger partial charge < -0.3 is 0 Å². The van der Waals surface area contributed by atoms with Crippen molar-refractivity contribution in [3.8, 4) is 0 Å². The van der Waals surface area contributed by atoms with Gasteiger partial charge in [0.05, 0.1) is 0 Å². The molecule has 1 heteroatoms. The molecule has 0 spiro atoms. The standard InChI is InChI=1S/C20H41B/c1-4-7-10-13-14-17-20-21(18-15-11-8-5-2)19-16-12-9-6-3/h17,20H,4-16,18-19H2,1-3H3/b20-17+. The molecule has 0 unspecified atom stereocenters. The molecule has 0 aromatic carbocycles. The molecule has 21 heavy (non-hydrogen) atoms. The largest absolute Gasteiger partial charge is 0.166 e. The first-order chi connectivity index (χ1) is 10.3. The van der Waals surface area contributed by atoms with Gasteiger partial charge in [0.2, 0.25) is 0 Å². The summed E-state index contributed by atoms with van der Waals surface area (Å²) >= 11 is 0. The highest BCUT2D eigenvalue weighted by Gasteiger charge is 2.08. The van der Waals surface area contributed by atoms with Crippen LogP contribution in [-0.2, 0) is 0 Å². The first-order valence-corrected chi connectivity index (χ1v) is 10.0. The van der Waals surface area contributed by atoms with E-state index in [0.29, 0.717) is 0 Å². The van der Waals surface area contributed by atoms with E-state index in [1.165, 1.54) is 96.1 Å². The second-order valence-electron chi connectivity index (χ2n) is 6.74. The molecule has 0 bridgehead atoms. The quantitative estimate of drug-likeness (QED) is 0.202. The maximum Gasteiger partial charge on any atom is 0.166 e. The molecule has 0 rings (SSSR count). The molecule has 0 aliphatic carbocycles. The van der Waals surface area contributed by atoms with Crippen molar-refractivity contribution in [1.82, 2.24) is 0 Å². The van der Waals surface area contributed by atoms with Crippen LogP contribution in [0.4, 0.5) is 0 Å². The van der Waals surface area contributed by atoms with Gasteiger partial charge in [-0.15, -0.1) is 5.98 Å². The van der Waals surface area contributed by atoms with Gasteiger partial charge in [-0.3, -0.25) is 0 Å². The Morgan fingerprint density at radius 1 is 0.571 bits per heavy atom. The molecule has 0 radical (unpaired) electrons. The monoisotopic (exact) mass is 292 g/mol. The summed E-state index contributed by atoms with van der Waals surface area (Å²) in [6, 6.07) is 0. The molecular weight excluding hydrogens is 251 g/mol. The number of unbranched alkanes of at least 4 members (excludes halogenated alkanes) is 10. The predicted octanol–water partition coefficient (Wildman–Crippen LogP) is 7.71. The van der Waals surface area contributed by atoms with Crippen LogP contribution in [0.15, 0.2) is 12.1 Å². The Labute approximate surface area is 136 Å². The Bertz CT molecular complexity index is 198. The van der Waals surface area contributed by atoms with E-state index in [4.69, 9.17) is 0 Å². The van der Waals surface area contributed by atoms with Gasteiger partial charge in [0.1, 0.15) is 0 Å². The van der Waals surface area contributed by atoms with Gasteiger partial charge >= 0.3 is 0 Å². The fraction of sp³-hybridized carbons (Fsp3) is 0.900. The minimum atomic E-state index is 0.866. The summed E-state index contributed by atoms with van der Waals surface area (Å²) in [5, 5.41) is 0. The van der Waals surface area contributed by atoms with Crippen LogP contribution in [0.5, 0.6) is 0 Å². The number of hydrogen-bond donors (Lipinski definition) is 0. The van der Waals surface area contributed by atoms with Crippen molar-refractivity contribution in [2.75, 3.05) is 0 Å². The molecule has 0 atom stereocenters. The molecule has 0 aliphatic rings. The second kappa shape index (κ2) is 17.9. The van der Waals surface area contributed by atoms with Crippen LogP contribution in [0.1, 0.15) is 104 Å². The van der Waals surface area contributed by atoms with Gasteiger partial charge in [0.25, 0.3) is 0 Å². The molecule has 0 N–H and O–H groups in total. The molecule has 0 saturated carbocycles. The fourth-order valence-electron chi connectivity index (χ4n) is 2.98. The molecule has 0 aromatic heterocycles. The minimum absolute atomic E-state index is 0.866. The van der Waals surface area contributed by atoms with E-state index >= 15 is 0 Å².